The number of aromatic nitrogens is 2. The van der Waals surface area contributed by atoms with Gasteiger partial charge in [-0.2, -0.15) is 0 Å². The monoisotopic (exact) mass is 493 g/mol. The molecule has 2 aliphatic rings. The van der Waals surface area contributed by atoms with Crippen LogP contribution in [0.5, 0.6) is 23.1 Å². The van der Waals surface area contributed by atoms with Crippen molar-refractivity contribution >= 4 is 6.21 Å². The third-order valence-corrected chi connectivity index (χ3v) is 6.99. The highest BCUT2D eigenvalue weighted by Gasteiger charge is 2.41. The van der Waals surface area contributed by atoms with E-state index >= 15 is 0 Å². The highest BCUT2D eigenvalue weighted by molar-refractivity contribution is 5.82. The number of aliphatic imine (C=N–C) groups is 1. The van der Waals surface area contributed by atoms with Crippen LogP contribution < -0.4 is 25.5 Å². The van der Waals surface area contributed by atoms with E-state index in [2.05, 4.69) is 24.1 Å². The van der Waals surface area contributed by atoms with Crippen LogP contribution >= 0.6 is 0 Å². The van der Waals surface area contributed by atoms with Crippen LogP contribution in [0.15, 0.2) is 44.9 Å². The molecule has 0 saturated heterocycles. The van der Waals surface area contributed by atoms with Crippen molar-refractivity contribution in [1.82, 2.24) is 9.55 Å². The summed E-state index contributed by atoms with van der Waals surface area (Å²) in [5.41, 5.74) is 2.04. The van der Waals surface area contributed by atoms with Crippen molar-refractivity contribution in [2.75, 3.05) is 41.1 Å². The second-order valence-electron chi connectivity index (χ2n) is 9.65. The number of methoxy groups -OCH3 is 1. The van der Waals surface area contributed by atoms with E-state index in [1.807, 2.05) is 25.1 Å². The van der Waals surface area contributed by atoms with Gasteiger partial charge in [-0.1, -0.05) is 17.7 Å². The van der Waals surface area contributed by atoms with Gasteiger partial charge in [-0.15, -0.1) is 0 Å². The van der Waals surface area contributed by atoms with Crippen LogP contribution in [0.4, 0.5) is 0 Å². The third kappa shape index (κ3) is 3.93. The van der Waals surface area contributed by atoms with Gasteiger partial charge < -0.3 is 23.8 Å². The van der Waals surface area contributed by atoms with E-state index in [0.717, 1.165) is 34.2 Å². The van der Waals surface area contributed by atoms with Crippen molar-refractivity contribution in [3.05, 3.63) is 73.4 Å². The molecule has 0 spiro atoms. The Morgan fingerprint density at radius 3 is 2.72 bits per heavy atom. The summed E-state index contributed by atoms with van der Waals surface area (Å²) < 4.78 is 18.7. The van der Waals surface area contributed by atoms with Crippen molar-refractivity contribution in [2.45, 2.75) is 19.4 Å². The van der Waals surface area contributed by atoms with E-state index < -0.39 is 17.1 Å². The summed E-state index contributed by atoms with van der Waals surface area (Å²) in [5, 5.41) is 10.9. The fraction of sp³-hybridized carbons (Fsp3) is 0.346. The van der Waals surface area contributed by atoms with Gasteiger partial charge in [-0.3, -0.25) is 14.8 Å². The number of quaternary nitrogens is 1. The Labute approximate surface area is 207 Å². The van der Waals surface area contributed by atoms with Crippen LogP contribution in [0.3, 0.4) is 0 Å². The smallest absolute Gasteiger partial charge is 0.335 e. The van der Waals surface area contributed by atoms with Crippen LogP contribution in [0.2, 0.25) is 0 Å². The first-order valence-electron chi connectivity index (χ1n) is 11.7. The number of aryl methyl sites for hydroxylation is 1. The molecule has 36 heavy (non-hydrogen) atoms. The molecule has 0 radical (unpaired) electrons. The number of fused-ring (bicyclic) bond motifs is 2. The number of nitrogens with zero attached hydrogens (tertiary/aromatic N) is 3. The number of benzene rings is 2. The zero-order valence-corrected chi connectivity index (χ0v) is 20.7. The van der Waals surface area contributed by atoms with E-state index in [9.17, 15) is 14.7 Å². The summed E-state index contributed by atoms with van der Waals surface area (Å²) in [6.07, 6.45) is 2.17. The molecule has 1 atom stereocenters. The molecule has 0 unspecified atom stereocenters. The second-order valence-corrected chi connectivity index (χ2v) is 9.65. The van der Waals surface area contributed by atoms with Gasteiger partial charge in [0.1, 0.15) is 11.6 Å². The third-order valence-electron chi connectivity index (χ3n) is 6.99. The average Bonchev–Trinajstić information content (AvgIpc) is 3.30. The lowest BCUT2D eigenvalue weighted by Crippen LogP contribution is -2.49. The molecule has 10 nitrogen and oxygen atoms in total. The molecule has 0 fully saturated rings. The zero-order chi connectivity index (χ0) is 25.6. The number of rotatable bonds is 5. The number of aromatic hydroxyl groups is 1. The van der Waals surface area contributed by atoms with Crippen LogP contribution in [0, 0.1) is 6.92 Å². The van der Waals surface area contributed by atoms with Gasteiger partial charge in [0.05, 0.1) is 45.5 Å². The Hall–Kier alpha value is -4.05. The highest BCUT2D eigenvalue weighted by Crippen LogP contribution is 2.50. The van der Waals surface area contributed by atoms with Crippen molar-refractivity contribution in [3.63, 3.8) is 0 Å². The molecule has 0 amide bonds. The summed E-state index contributed by atoms with van der Waals surface area (Å²) in [4.78, 5) is 31.9. The number of likely N-dealkylation sites (N-methyl/N-ethyl adjacent to an activating group) is 1. The highest BCUT2D eigenvalue weighted by atomic mass is 16.7. The Bertz CT molecular complexity index is 1470. The molecular formula is C26H29N4O6+. The lowest BCUT2D eigenvalue weighted by Gasteiger charge is -2.42. The summed E-state index contributed by atoms with van der Waals surface area (Å²) in [6, 6.07) is 8.94. The fourth-order valence-corrected chi connectivity index (χ4v) is 4.91. The number of ether oxygens (including phenoxy) is 3. The number of hydrogen-bond donors (Lipinski definition) is 2. The molecule has 1 aromatic heterocycles. The minimum atomic E-state index is -0.724. The molecule has 5 rings (SSSR count). The van der Waals surface area contributed by atoms with Crippen molar-refractivity contribution in [2.24, 2.45) is 4.99 Å². The van der Waals surface area contributed by atoms with E-state index in [-0.39, 0.29) is 18.4 Å². The number of aromatic amines is 1. The van der Waals surface area contributed by atoms with E-state index in [1.165, 1.54) is 6.21 Å². The Balaban J connectivity index is 1.53. The van der Waals surface area contributed by atoms with Gasteiger partial charge >= 0.3 is 5.69 Å². The van der Waals surface area contributed by atoms with Gasteiger partial charge in [0.25, 0.3) is 5.56 Å². The summed E-state index contributed by atoms with van der Waals surface area (Å²) in [7, 11) is 5.85. The minimum Gasteiger partial charge on any atom is -0.493 e. The van der Waals surface area contributed by atoms with Crippen LogP contribution in [0.25, 0.3) is 5.69 Å². The van der Waals surface area contributed by atoms with E-state index in [0.29, 0.717) is 34.0 Å². The molecule has 0 saturated carbocycles. The molecule has 2 aromatic carbocycles. The molecule has 3 aromatic rings. The van der Waals surface area contributed by atoms with Gasteiger partial charge in [0.2, 0.25) is 18.4 Å². The maximum atomic E-state index is 12.6. The zero-order valence-electron chi connectivity index (χ0n) is 20.7. The first-order chi connectivity index (χ1) is 17.2. The first-order valence-corrected chi connectivity index (χ1v) is 11.7. The molecule has 188 valence electrons. The Morgan fingerprint density at radius 1 is 1.25 bits per heavy atom. The number of hydrogen-bond acceptors (Lipinski definition) is 7. The molecule has 0 aliphatic carbocycles. The molecular weight excluding hydrogens is 464 g/mol. The number of H-pyrrole nitrogens is 1. The van der Waals surface area contributed by atoms with Crippen molar-refractivity contribution in [3.8, 4) is 28.8 Å². The van der Waals surface area contributed by atoms with Crippen LogP contribution in [-0.2, 0) is 6.42 Å². The molecule has 3 heterocycles. The van der Waals surface area contributed by atoms with Crippen LogP contribution in [0.1, 0.15) is 28.3 Å². The Kier molecular flexibility index (Phi) is 5.83. The molecule has 2 aliphatic heterocycles. The molecule has 0 bridgehead atoms. The molecule has 2 N–H and O–H groups in total. The summed E-state index contributed by atoms with van der Waals surface area (Å²) in [5.74, 6) is 1.44. The lowest BCUT2D eigenvalue weighted by molar-refractivity contribution is -0.921. The van der Waals surface area contributed by atoms with Gasteiger partial charge in [-0.05, 0) is 30.7 Å². The topological polar surface area (TPSA) is 115 Å². The maximum Gasteiger partial charge on any atom is 0.335 e. The summed E-state index contributed by atoms with van der Waals surface area (Å²) in [6.45, 7) is 3.26. The Morgan fingerprint density at radius 2 is 2.00 bits per heavy atom. The fourth-order valence-electron chi connectivity index (χ4n) is 4.91. The van der Waals surface area contributed by atoms with Crippen molar-refractivity contribution < 1.29 is 23.8 Å². The van der Waals surface area contributed by atoms with Gasteiger partial charge in [0.15, 0.2) is 11.5 Å². The predicted octanol–water partition coefficient (Wildman–Crippen LogP) is 2.07. The first kappa shape index (κ1) is 23.7. The minimum absolute atomic E-state index is 0.0887. The average molecular weight is 494 g/mol. The summed E-state index contributed by atoms with van der Waals surface area (Å²) >= 11 is 0. The SMILES string of the molecule is COc1c2c(cc3c1[C@H](CN=Cc1c(O)n(-c4ccc(C)cc4)c(=O)[nH]c1=O)[N+](C)(C)CC3)OCO2. The molecule has 10 heteroatoms. The van der Waals surface area contributed by atoms with Crippen LogP contribution in [-0.4, -0.2) is 66.4 Å². The number of nitrogens with one attached hydrogen (secondary N) is 1. The van der Waals surface area contributed by atoms with Gasteiger partial charge in [0, 0.05) is 12.6 Å². The van der Waals surface area contributed by atoms with Crippen molar-refractivity contribution in [1.29, 1.82) is 0 Å². The van der Waals surface area contributed by atoms with E-state index in [4.69, 9.17) is 14.2 Å². The largest absolute Gasteiger partial charge is 0.493 e. The normalized spacial score (nSPS) is 17.8. The lowest BCUT2D eigenvalue weighted by atomic mass is 9.89. The predicted molar refractivity (Wildman–Crippen MR) is 134 cm³/mol. The quantitative estimate of drug-likeness (QED) is 0.415. The van der Waals surface area contributed by atoms with E-state index in [1.54, 1.807) is 19.2 Å². The maximum absolute atomic E-state index is 12.6. The second kappa shape index (κ2) is 8.87. The standard InChI is InChI=1S/C26H28N4O6/c1-15-5-7-17(8-6-15)29-25(32)18(24(31)28-26(29)33)12-27-13-19-21-16(9-10-30(19,2)3)11-20-22(23(21)34-4)36-14-35-20/h5-8,11-12,19H,9-10,13-14H2,1-4H3,(H-,27,28,31,32,33)/p+1/t19-/m0/s1. The van der Waals surface area contributed by atoms with Gasteiger partial charge in [-0.25, -0.2) is 9.36 Å².